The smallest absolute Gasteiger partial charge is 0.329 e. The number of amides is 3. The van der Waals surface area contributed by atoms with Crippen LogP contribution < -0.4 is 16.0 Å². The van der Waals surface area contributed by atoms with Gasteiger partial charge in [-0.05, 0) is 26.7 Å². The van der Waals surface area contributed by atoms with Crippen molar-refractivity contribution in [3.8, 4) is 0 Å². The Balaban J connectivity index is 2.47. The number of carboxylic acids is 1. The van der Waals surface area contributed by atoms with Crippen molar-refractivity contribution in [1.82, 2.24) is 16.0 Å². The van der Waals surface area contributed by atoms with Crippen LogP contribution >= 0.6 is 0 Å². The van der Waals surface area contributed by atoms with Crippen molar-refractivity contribution in [3.63, 3.8) is 0 Å². The fraction of sp³-hybridized carbons (Fsp3) is 0.769. The molecule has 7 nitrogen and oxygen atoms in total. The van der Waals surface area contributed by atoms with Crippen molar-refractivity contribution >= 4 is 17.9 Å². The van der Waals surface area contributed by atoms with Crippen LogP contribution in [0.4, 0.5) is 4.79 Å². The van der Waals surface area contributed by atoms with Crippen molar-refractivity contribution in [3.05, 3.63) is 0 Å². The van der Waals surface area contributed by atoms with Crippen molar-refractivity contribution in [1.29, 1.82) is 0 Å². The van der Waals surface area contributed by atoms with Gasteiger partial charge in [0.25, 0.3) is 0 Å². The molecule has 0 aromatic rings. The highest BCUT2D eigenvalue weighted by atomic mass is 16.4. The van der Waals surface area contributed by atoms with Gasteiger partial charge in [-0.3, -0.25) is 4.79 Å². The maximum atomic E-state index is 11.7. The van der Waals surface area contributed by atoms with Crippen LogP contribution in [0.2, 0.25) is 0 Å². The average Bonchev–Trinajstić information content (AvgIpc) is 2.36. The molecule has 0 heterocycles. The first kappa shape index (κ1) is 16.3. The van der Waals surface area contributed by atoms with Gasteiger partial charge in [-0.15, -0.1) is 0 Å². The zero-order chi connectivity index (χ0) is 15.2. The summed E-state index contributed by atoms with van der Waals surface area (Å²) in [5, 5.41) is 16.8. The van der Waals surface area contributed by atoms with E-state index in [1.165, 1.54) is 0 Å². The third-order valence-electron chi connectivity index (χ3n) is 3.33. The highest BCUT2D eigenvalue weighted by Gasteiger charge is 2.40. The zero-order valence-electron chi connectivity index (χ0n) is 12.0. The highest BCUT2D eigenvalue weighted by molar-refractivity contribution is 5.88. The molecule has 3 amide bonds. The van der Waals surface area contributed by atoms with Gasteiger partial charge < -0.3 is 21.1 Å². The van der Waals surface area contributed by atoms with Crippen LogP contribution in [-0.4, -0.2) is 41.1 Å². The molecule has 1 rings (SSSR count). The monoisotopic (exact) mass is 285 g/mol. The molecule has 0 aliphatic heterocycles. The summed E-state index contributed by atoms with van der Waals surface area (Å²) < 4.78 is 0. The lowest BCUT2D eigenvalue weighted by Gasteiger charge is -2.33. The molecule has 0 radical (unpaired) electrons. The van der Waals surface area contributed by atoms with E-state index in [2.05, 4.69) is 16.0 Å². The summed E-state index contributed by atoms with van der Waals surface area (Å²) in [5.74, 6) is -1.32. The molecule has 1 fully saturated rings. The predicted octanol–water partition coefficient (Wildman–Crippen LogP) is 0.598. The lowest BCUT2D eigenvalue weighted by molar-refractivity contribution is -0.145. The molecule has 0 aromatic heterocycles. The second kappa shape index (κ2) is 7.12. The Morgan fingerprint density at radius 3 is 2.25 bits per heavy atom. The molecule has 7 heteroatoms. The van der Waals surface area contributed by atoms with Crippen LogP contribution in [0.15, 0.2) is 0 Å². The second-order valence-electron chi connectivity index (χ2n) is 5.48. The molecule has 0 aromatic carbocycles. The summed E-state index contributed by atoms with van der Waals surface area (Å²) in [6.45, 7) is 3.47. The number of hydrogen-bond acceptors (Lipinski definition) is 3. The van der Waals surface area contributed by atoms with Crippen molar-refractivity contribution < 1.29 is 19.5 Å². The number of aliphatic carboxylic acids is 1. The third kappa shape index (κ3) is 4.71. The van der Waals surface area contributed by atoms with Crippen molar-refractivity contribution in [2.45, 2.75) is 57.5 Å². The van der Waals surface area contributed by atoms with Gasteiger partial charge in [-0.1, -0.05) is 19.3 Å². The van der Waals surface area contributed by atoms with Crippen molar-refractivity contribution in [2.24, 2.45) is 0 Å². The van der Waals surface area contributed by atoms with Gasteiger partial charge in [0.1, 0.15) is 5.54 Å². The molecule has 0 atom stereocenters. The number of rotatable bonds is 5. The van der Waals surface area contributed by atoms with E-state index < -0.39 is 17.5 Å². The molecule has 1 saturated carbocycles. The maximum absolute atomic E-state index is 11.7. The highest BCUT2D eigenvalue weighted by Crippen LogP contribution is 2.28. The molecule has 1 aliphatic carbocycles. The second-order valence-corrected chi connectivity index (χ2v) is 5.48. The SMILES string of the molecule is CC(C)NC(=O)CNC(=O)NC1(C(=O)O)CCCCC1. The molecular formula is C13H23N3O4. The summed E-state index contributed by atoms with van der Waals surface area (Å²) in [4.78, 5) is 34.5. The van der Waals surface area contributed by atoms with Gasteiger partial charge in [0.2, 0.25) is 5.91 Å². The van der Waals surface area contributed by atoms with Crippen LogP contribution in [0, 0.1) is 0 Å². The Hall–Kier alpha value is -1.79. The van der Waals surface area contributed by atoms with Crippen LogP contribution in [0.25, 0.3) is 0 Å². The quantitative estimate of drug-likeness (QED) is 0.593. The Kier molecular flexibility index (Phi) is 5.79. The Morgan fingerprint density at radius 2 is 1.75 bits per heavy atom. The lowest BCUT2D eigenvalue weighted by atomic mass is 9.82. The van der Waals surface area contributed by atoms with Crippen LogP contribution in [-0.2, 0) is 9.59 Å². The minimum Gasteiger partial charge on any atom is -0.480 e. The van der Waals surface area contributed by atoms with Crippen LogP contribution in [0.1, 0.15) is 46.0 Å². The Morgan fingerprint density at radius 1 is 1.15 bits per heavy atom. The van der Waals surface area contributed by atoms with E-state index in [9.17, 15) is 19.5 Å². The third-order valence-corrected chi connectivity index (χ3v) is 3.33. The molecule has 20 heavy (non-hydrogen) atoms. The molecule has 0 unspecified atom stereocenters. The van der Waals surface area contributed by atoms with Crippen molar-refractivity contribution in [2.75, 3.05) is 6.54 Å². The first-order chi connectivity index (χ1) is 9.35. The normalized spacial score (nSPS) is 17.4. The topological polar surface area (TPSA) is 108 Å². The van der Waals surface area contributed by atoms with E-state index in [0.717, 1.165) is 19.3 Å². The Labute approximate surface area is 118 Å². The fourth-order valence-corrected chi connectivity index (χ4v) is 2.34. The Bertz CT molecular complexity index is 376. The fourth-order valence-electron chi connectivity index (χ4n) is 2.34. The van der Waals surface area contributed by atoms with Gasteiger partial charge in [0, 0.05) is 6.04 Å². The summed E-state index contributed by atoms with van der Waals surface area (Å²) in [7, 11) is 0. The number of carbonyl (C=O) groups is 3. The summed E-state index contributed by atoms with van der Waals surface area (Å²) in [6.07, 6.45) is 3.39. The van der Waals surface area contributed by atoms with E-state index in [1.807, 2.05) is 13.8 Å². The molecule has 4 N–H and O–H groups in total. The van der Waals surface area contributed by atoms with Crippen LogP contribution in [0.3, 0.4) is 0 Å². The number of hydrogen-bond donors (Lipinski definition) is 4. The number of urea groups is 1. The van der Waals surface area contributed by atoms with Gasteiger partial charge >= 0.3 is 12.0 Å². The minimum atomic E-state index is -1.20. The van der Waals surface area contributed by atoms with E-state index in [0.29, 0.717) is 12.8 Å². The maximum Gasteiger partial charge on any atom is 0.329 e. The van der Waals surface area contributed by atoms with Crippen LogP contribution in [0.5, 0.6) is 0 Å². The molecule has 1 aliphatic rings. The molecule has 0 spiro atoms. The zero-order valence-corrected chi connectivity index (χ0v) is 12.0. The number of carbonyl (C=O) groups excluding carboxylic acids is 2. The van der Waals surface area contributed by atoms with E-state index in [1.54, 1.807) is 0 Å². The van der Waals surface area contributed by atoms with E-state index in [-0.39, 0.29) is 18.5 Å². The van der Waals surface area contributed by atoms with Gasteiger partial charge in [0.05, 0.1) is 6.54 Å². The molecular weight excluding hydrogens is 262 g/mol. The number of nitrogens with one attached hydrogen (secondary N) is 3. The van der Waals surface area contributed by atoms with E-state index in [4.69, 9.17) is 0 Å². The first-order valence-corrected chi connectivity index (χ1v) is 6.94. The molecule has 0 bridgehead atoms. The standard InChI is InChI=1S/C13H23N3O4/c1-9(2)15-10(17)8-14-12(20)16-13(11(18)19)6-4-3-5-7-13/h9H,3-8H2,1-2H3,(H,15,17)(H,18,19)(H2,14,16,20). The van der Waals surface area contributed by atoms with E-state index >= 15 is 0 Å². The summed E-state index contributed by atoms with van der Waals surface area (Å²) >= 11 is 0. The summed E-state index contributed by atoms with van der Waals surface area (Å²) in [5.41, 5.74) is -1.20. The van der Waals surface area contributed by atoms with Gasteiger partial charge in [-0.2, -0.15) is 0 Å². The average molecular weight is 285 g/mol. The first-order valence-electron chi connectivity index (χ1n) is 6.94. The summed E-state index contributed by atoms with van der Waals surface area (Å²) in [6, 6.07) is -0.621. The molecule has 114 valence electrons. The largest absolute Gasteiger partial charge is 0.480 e. The van der Waals surface area contributed by atoms with Gasteiger partial charge in [0.15, 0.2) is 0 Å². The molecule has 0 saturated heterocycles. The lowest BCUT2D eigenvalue weighted by Crippen LogP contribution is -2.58. The number of carboxylic acid groups (broad SMARTS) is 1. The minimum absolute atomic E-state index is 0.00364. The van der Waals surface area contributed by atoms with Gasteiger partial charge in [-0.25, -0.2) is 9.59 Å². The predicted molar refractivity (Wildman–Crippen MR) is 73.3 cm³/mol.